The van der Waals surface area contributed by atoms with Crippen LogP contribution in [-0.4, -0.2) is 60.2 Å². The Labute approximate surface area is 160 Å². The van der Waals surface area contributed by atoms with Gasteiger partial charge >= 0.3 is 0 Å². The van der Waals surface area contributed by atoms with Gasteiger partial charge in [-0.2, -0.15) is 0 Å². The Morgan fingerprint density at radius 2 is 2.04 bits per heavy atom. The molecule has 1 spiro atoms. The Morgan fingerprint density at radius 3 is 2.69 bits per heavy atom. The lowest BCUT2D eigenvalue weighted by molar-refractivity contribution is -0.139. The summed E-state index contributed by atoms with van der Waals surface area (Å²) in [4.78, 5) is 16.3. The smallest absolute Gasteiger partial charge is 0.222 e. The fraction of sp³-hybridized carbons (Fsp3) is 0.650. The number of nitrogens with zero attached hydrogens (tertiary/aromatic N) is 2. The molecule has 2 heterocycles. The van der Waals surface area contributed by atoms with E-state index in [1.54, 1.807) is 0 Å². The van der Waals surface area contributed by atoms with Gasteiger partial charge in [-0.05, 0) is 62.4 Å². The molecule has 0 radical (unpaired) electrons. The topological polar surface area (TPSA) is 53.0 Å². The molecule has 144 valence electrons. The zero-order chi connectivity index (χ0) is 18.6. The average Bonchev–Trinajstić information content (AvgIpc) is 2.63. The normalized spacial score (nSPS) is 20.6. The van der Waals surface area contributed by atoms with Crippen molar-refractivity contribution >= 4 is 17.5 Å². The molecule has 0 atom stereocenters. The Bertz CT molecular complexity index is 629. The second kappa shape index (κ2) is 8.59. The summed E-state index contributed by atoms with van der Waals surface area (Å²) >= 11 is 6.30. The molecule has 2 fully saturated rings. The second-order valence-electron chi connectivity index (χ2n) is 7.51. The molecule has 2 saturated heterocycles. The standard InChI is InChI=1S/C20H29ClN2O3/c1-2-26-18-4-3-16(13-17(18)21)14-22-9-7-20(8-10-22)6-5-19(25)23(15-20)11-12-24/h3-4,13,24H,2,5-12,14-15H2,1H3. The maximum atomic E-state index is 12.0. The third kappa shape index (κ3) is 4.51. The summed E-state index contributed by atoms with van der Waals surface area (Å²) in [5, 5.41) is 9.85. The van der Waals surface area contributed by atoms with Crippen LogP contribution >= 0.6 is 11.6 Å². The van der Waals surface area contributed by atoms with Crippen LogP contribution in [0.3, 0.4) is 0 Å². The largest absolute Gasteiger partial charge is 0.492 e. The highest BCUT2D eigenvalue weighted by atomic mass is 35.5. The maximum absolute atomic E-state index is 12.0. The van der Waals surface area contributed by atoms with Crippen molar-refractivity contribution in [1.29, 1.82) is 0 Å². The number of halogens is 1. The number of ether oxygens (including phenoxy) is 1. The number of amides is 1. The van der Waals surface area contributed by atoms with Crippen molar-refractivity contribution < 1.29 is 14.6 Å². The molecule has 3 rings (SSSR count). The molecule has 1 aromatic carbocycles. The van der Waals surface area contributed by atoms with E-state index in [4.69, 9.17) is 16.3 Å². The van der Waals surface area contributed by atoms with Crippen molar-refractivity contribution in [1.82, 2.24) is 9.80 Å². The first-order valence-corrected chi connectivity index (χ1v) is 9.95. The minimum absolute atomic E-state index is 0.0481. The Morgan fingerprint density at radius 1 is 1.27 bits per heavy atom. The van der Waals surface area contributed by atoms with E-state index in [-0.39, 0.29) is 17.9 Å². The van der Waals surface area contributed by atoms with Gasteiger partial charge in [-0.3, -0.25) is 9.69 Å². The van der Waals surface area contributed by atoms with Gasteiger partial charge in [0.15, 0.2) is 0 Å². The summed E-state index contributed by atoms with van der Waals surface area (Å²) < 4.78 is 5.50. The number of aliphatic hydroxyl groups excluding tert-OH is 1. The van der Waals surface area contributed by atoms with E-state index in [0.717, 1.165) is 51.2 Å². The number of likely N-dealkylation sites (tertiary alicyclic amines) is 2. The van der Waals surface area contributed by atoms with Crippen LogP contribution in [0.1, 0.15) is 38.2 Å². The fourth-order valence-corrected chi connectivity index (χ4v) is 4.45. The van der Waals surface area contributed by atoms with Gasteiger partial charge in [0, 0.05) is 26.1 Å². The highest BCUT2D eigenvalue weighted by molar-refractivity contribution is 6.32. The summed E-state index contributed by atoms with van der Waals surface area (Å²) in [5.74, 6) is 0.933. The highest BCUT2D eigenvalue weighted by Crippen LogP contribution is 2.40. The van der Waals surface area contributed by atoms with Gasteiger partial charge in [0.1, 0.15) is 5.75 Å². The molecule has 6 heteroatoms. The molecule has 0 aromatic heterocycles. The van der Waals surface area contributed by atoms with Crippen LogP contribution in [0.2, 0.25) is 5.02 Å². The molecule has 2 aliphatic heterocycles. The molecular formula is C20H29ClN2O3. The van der Waals surface area contributed by atoms with Crippen LogP contribution in [0.25, 0.3) is 0 Å². The Hall–Kier alpha value is -1.30. The van der Waals surface area contributed by atoms with Gasteiger partial charge in [-0.1, -0.05) is 17.7 Å². The van der Waals surface area contributed by atoms with E-state index in [2.05, 4.69) is 11.0 Å². The summed E-state index contributed by atoms with van der Waals surface area (Å²) in [6.45, 7) is 6.84. The Balaban J connectivity index is 1.55. The van der Waals surface area contributed by atoms with Gasteiger partial charge in [0.25, 0.3) is 0 Å². The zero-order valence-electron chi connectivity index (χ0n) is 15.5. The molecule has 1 amide bonds. The van der Waals surface area contributed by atoms with E-state index in [1.165, 1.54) is 5.56 Å². The van der Waals surface area contributed by atoms with Crippen LogP contribution in [0.15, 0.2) is 18.2 Å². The van der Waals surface area contributed by atoms with Crippen LogP contribution in [0.4, 0.5) is 0 Å². The first-order chi connectivity index (χ1) is 12.5. The SMILES string of the molecule is CCOc1ccc(CN2CCC3(CCC(=O)N(CCO)C3)CC2)cc1Cl. The lowest BCUT2D eigenvalue weighted by atomic mass is 9.72. The van der Waals surface area contributed by atoms with Crippen molar-refractivity contribution in [3.63, 3.8) is 0 Å². The second-order valence-corrected chi connectivity index (χ2v) is 7.92. The van der Waals surface area contributed by atoms with E-state index < -0.39 is 0 Å². The summed E-state index contributed by atoms with van der Waals surface area (Å²) in [5.41, 5.74) is 1.44. The minimum Gasteiger partial charge on any atom is -0.492 e. The predicted molar refractivity (Wildman–Crippen MR) is 102 cm³/mol. The number of piperidine rings is 2. The van der Waals surface area contributed by atoms with Crippen LogP contribution in [-0.2, 0) is 11.3 Å². The van der Waals surface area contributed by atoms with Crippen molar-refractivity contribution in [3.05, 3.63) is 28.8 Å². The maximum Gasteiger partial charge on any atom is 0.222 e. The van der Waals surface area contributed by atoms with Crippen LogP contribution < -0.4 is 4.74 Å². The molecule has 0 saturated carbocycles. The summed E-state index contributed by atoms with van der Waals surface area (Å²) in [6.07, 6.45) is 3.81. The lowest BCUT2D eigenvalue weighted by Crippen LogP contribution is -2.51. The highest BCUT2D eigenvalue weighted by Gasteiger charge is 2.40. The number of hydrogen-bond acceptors (Lipinski definition) is 4. The van der Waals surface area contributed by atoms with E-state index >= 15 is 0 Å². The quantitative estimate of drug-likeness (QED) is 0.824. The predicted octanol–water partition coefficient (Wildman–Crippen LogP) is 2.94. The molecule has 0 bridgehead atoms. The molecule has 1 N–H and O–H groups in total. The molecule has 0 unspecified atom stereocenters. The summed E-state index contributed by atoms with van der Waals surface area (Å²) in [6, 6.07) is 6.04. The van der Waals surface area contributed by atoms with Crippen molar-refractivity contribution in [2.24, 2.45) is 5.41 Å². The van der Waals surface area contributed by atoms with E-state index in [0.29, 0.717) is 24.6 Å². The van der Waals surface area contributed by atoms with Gasteiger partial charge in [0.05, 0.1) is 18.2 Å². The molecule has 5 nitrogen and oxygen atoms in total. The minimum atomic E-state index is 0.0481. The van der Waals surface area contributed by atoms with Gasteiger partial charge in [-0.15, -0.1) is 0 Å². The number of aliphatic hydroxyl groups is 1. The third-order valence-corrected chi connectivity index (χ3v) is 6.03. The molecule has 26 heavy (non-hydrogen) atoms. The van der Waals surface area contributed by atoms with Crippen molar-refractivity contribution in [2.45, 2.75) is 39.2 Å². The van der Waals surface area contributed by atoms with E-state index in [1.807, 2.05) is 24.0 Å². The van der Waals surface area contributed by atoms with Crippen molar-refractivity contribution in [2.75, 3.05) is 39.4 Å². The van der Waals surface area contributed by atoms with Crippen LogP contribution in [0, 0.1) is 5.41 Å². The lowest BCUT2D eigenvalue weighted by Gasteiger charge is -2.47. The molecule has 1 aromatic rings. The number of carbonyl (C=O) groups excluding carboxylic acids is 1. The fourth-order valence-electron chi connectivity index (χ4n) is 4.19. The van der Waals surface area contributed by atoms with Crippen molar-refractivity contribution in [3.8, 4) is 5.75 Å². The van der Waals surface area contributed by atoms with Gasteiger partial charge in [-0.25, -0.2) is 0 Å². The summed E-state index contributed by atoms with van der Waals surface area (Å²) in [7, 11) is 0. The molecule has 0 aliphatic carbocycles. The number of benzene rings is 1. The number of hydrogen-bond donors (Lipinski definition) is 1. The van der Waals surface area contributed by atoms with E-state index in [9.17, 15) is 9.90 Å². The molecular weight excluding hydrogens is 352 g/mol. The van der Waals surface area contributed by atoms with Gasteiger partial charge < -0.3 is 14.7 Å². The Kier molecular flexibility index (Phi) is 6.43. The molecule has 2 aliphatic rings. The third-order valence-electron chi connectivity index (χ3n) is 5.74. The first-order valence-electron chi connectivity index (χ1n) is 9.57. The number of carbonyl (C=O) groups is 1. The number of rotatable bonds is 6. The zero-order valence-corrected chi connectivity index (χ0v) is 16.3. The van der Waals surface area contributed by atoms with Crippen LogP contribution in [0.5, 0.6) is 5.75 Å². The van der Waals surface area contributed by atoms with Gasteiger partial charge in [0.2, 0.25) is 5.91 Å². The monoisotopic (exact) mass is 380 g/mol. The first kappa shape index (κ1) is 19.5. The average molecular weight is 381 g/mol. The number of β-amino-alcohol motifs (C(OH)–C–C–N with tert-alkyl or cyclic N) is 1.